The number of benzene rings is 2. The quantitative estimate of drug-likeness (QED) is 0.214. The van der Waals surface area contributed by atoms with Crippen molar-refractivity contribution in [2.24, 2.45) is 11.8 Å². The van der Waals surface area contributed by atoms with Gasteiger partial charge in [-0.3, -0.25) is 14.4 Å². The van der Waals surface area contributed by atoms with Crippen molar-refractivity contribution in [3.8, 4) is 0 Å². The largest absolute Gasteiger partial charge is 0.481 e. The van der Waals surface area contributed by atoms with Crippen LogP contribution in [0.4, 0.5) is 13.6 Å². The number of carboxylic acids is 1. The van der Waals surface area contributed by atoms with Crippen LogP contribution in [0.1, 0.15) is 130 Å². The topological polar surface area (TPSA) is 134 Å². The number of carbonyl (C=O) groups excluding carboxylic acids is 3. The van der Waals surface area contributed by atoms with Crippen molar-refractivity contribution in [1.29, 1.82) is 0 Å². The lowest BCUT2D eigenvalue weighted by Crippen LogP contribution is -2.49. The molecule has 6 rings (SSSR count). The van der Waals surface area contributed by atoms with Crippen LogP contribution in [0.15, 0.2) is 47.5 Å². The molecule has 0 aromatic heterocycles. The Morgan fingerprint density at radius 3 is 1.86 bits per heavy atom. The molecular formula is C47H65F2N3O7. The van der Waals surface area contributed by atoms with Gasteiger partial charge >= 0.3 is 18.0 Å². The zero-order chi connectivity index (χ0) is 43.8. The number of amides is 2. The minimum atomic E-state index is -0.985. The number of rotatable bonds is 9. The standard InChI is InChI=1S/C23H31FN2O3.C16H20FN.C8H14O4/c1-14(2)10-20-19-12-15-11-16(24)6-7-17(15)18(19)8-9-26(20)21(27)13-25-22(28)29-23(3,4)5;1-10(2)7-16-15-9-11-8-12(17)3-4-13(11)14(15)5-6-18-16;1-8(2,3)12-7(11)5-4-6(9)10/h6-7,11,14,20H,8-10,12-13H2,1-5H3,(H,25,28);3-4,8,10,16,18H,5-7,9H2,1-2H3;4-5H2,1-3H3,(H,9,10). The van der Waals surface area contributed by atoms with Crippen molar-refractivity contribution in [1.82, 2.24) is 15.5 Å². The molecule has 2 aliphatic heterocycles. The zero-order valence-corrected chi connectivity index (χ0v) is 36.7. The van der Waals surface area contributed by atoms with Crippen LogP contribution in [0.5, 0.6) is 0 Å². The molecule has 12 heteroatoms. The van der Waals surface area contributed by atoms with Crippen LogP contribution in [-0.4, -0.2) is 76.9 Å². The third kappa shape index (κ3) is 14.0. The van der Waals surface area contributed by atoms with E-state index in [9.17, 15) is 28.0 Å². The lowest BCUT2D eigenvalue weighted by Gasteiger charge is -2.38. The first kappa shape index (κ1) is 47.1. The number of halogens is 2. The van der Waals surface area contributed by atoms with Gasteiger partial charge in [-0.25, -0.2) is 13.6 Å². The van der Waals surface area contributed by atoms with Gasteiger partial charge in [0.25, 0.3) is 0 Å². The molecule has 0 radical (unpaired) electrons. The van der Waals surface area contributed by atoms with Crippen molar-refractivity contribution in [3.05, 3.63) is 81.4 Å². The van der Waals surface area contributed by atoms with E-state index in [2.05, 4.69) is 38.3 Å². The number of carbonyl (C=O) groups is 4. The number of hydrogen-bond acceptors (Lipinski definition) is 7. The highest BCUT2D eigenvalue weighted by molar-refractivity contribution is 5.86. The highest BCUT2D eigenvalue weighted by Crippen LogP contribution is 2.43. The lowest BCUT2D eigenvalue weighted by molar-refractivity contribution is -0.157. The monoisotopic (exact) mass is 821 g/mol. The van der Waals surface area contributed by atoms with E-state index in [-0.39, 0.29) is 43.0 Å². The maximum absolute atomic E-state index is 13.7. The second kappa shape index (κ2) is 20.1. The molecule has 59 heavy (non-hydrogen) atoms. The molecule has 2 unspecified atom stereocenters. The van der Waals surface area contributed by atoms with Gasteiger partial charge in [-0.05, 0) is 167 Å². The van der Waals surface area contributed by atoms with Gasteiger partial charge in [0.1, 0.15) is 29.4 Å². The number of esters is 1. The number of ether oxygens (including phenoxy) is 2. The average molecular weight is 822 g/mol. The molecule has 2 aromatic rings. The average Bonchev–Trinajstić information content (AvgIpc) is 3.67. The minimum Gasteiger partial charge on any atom is -0.481 e. The number of nitrogens with zero attached hydrogens (tertiary/aromatic N) is 1. The van der Waals surface area contributed by atoms with Gasteiger partial charge in [-0.2, -0.15) is 0 Å². The highest BCUT2D eigenvalue weighted by Gasteiger charge is 2.37. The van der Waals surface area contributed by atoms with Gasteiger partial charge in [0, 0.05) is 12.6 Å². The fourth-order valence-electron chi connectivity index (χ4n) is 8.17. The first-order valence-electron chi connectivity index (χ1n) is 21.0. The van der Waals surface area contributed by atoms with Crippen molar-refractivity contribution in [2.45, 2.75) is 144 Å². The number of aliphatic carboxylic acids is 1. The molecule has 2 aromatic carbocycles. The first-order chi connectivity index (χ1) is 27.5. The van der Waals surface area contributed by atoms with Crippen LogP contribution in [0.3, 0.4) is 0 Å². The Labute approximate surface area is 349 Å². The number of carboxylic acid groups (broad SMARTS) is 1. The molecule has 0 saturated heterocycles. The molecule has 0 spiro atoms. The summed E-state index contributed by atoms with van der Waals surface area (Å²) in [7, 11) is 0. The molecule has 10 nitrogen and oxygen atoms in total. The second-order valence-corrected chi connectivity index (χ2v) is 18.7. The molecule has 4 aliphatic rings. The smallest absolute Gasteiger partial charge is 0.408 e. The van der Waals surface area contributed by atoms with Gasteiger partial charge in [-0.15, -0.1) is 0 Å². The third-order valence-corrected chi connectivity index (χ3v) is 10.4. The van der Waals surface area contributed by atoms with Crippen molar-refractivity contribution >= 4 is 35.1 Å². The SMILES string of the molecule is CC(C)(C)OC(=O)CCC(=O)O.CC(C)CC1C2=C(CCN1C(=O)CNC(=O)OC(C)(C)C)c1ccc(F)cc1C2.CC(C)CC1NCCC2=C1Cc1cc(F)ccc12. The molecular weight excluding hydrogens is 757 g/mol. The van der Waals surface area contributed by atoms with Gasteiger partial charge in [0.05, 0.1) is 18.9 Å². The lowest BCUT2D eigenvalue weighted by atomic mass is 9.87. The van der Waals surface area contributed by atoms with Crippen molar-refractivity contribution in [2.75, 3.05) is 19.6 Å². The molecule has 0 fully saturated rings. The summed E-state index contributed by atoms with van der Waals surface area (Å²) in [4.78, 5) is 47.7. The van der Waals surface area contributed by atoms with E-state index >= 15 is 0 Å². The number of alkyl carbamates (subject to hydrolysis) is 1. The van der Waals surface area contributed by atoms with Crippen molar-refractivity contribution < 1.29 is 42.5 Å². The summed E-state index contributed by atoms with van der Waals surface area (Å²) in [6.07, 6.45) is 4.65. The summed E-state index contributed by atoms with van der Waals surface area (Å²) >= 11 is 0. The number of nitrogens with one attached hydrogen (secondary N) is 2. The summed E-state index contributed by atoms with van der Waals surface area (Å²) in [5, 5.41) is 14.4. The Bertz CT molecular complexity index is 1920. The molecule has 2 aliphatic carbocycles. The molecule has 2 amide bonds. The van der Waals surface area contributed by atoms with Crippen LogP contribution >= 0.6 is 0 Å². The van der Waals surface area contributed by atoms with Crippen LogP contribution in [0, 0.1) is 23.5 Å². The van der Waals surface area contributed by atoms with Crippen LogP contribution in [-0.2, 0) is 36.7 Å². The predicted molar refractivity (Wildman–Crippen MR) is 226 cm³/mol. The van der Waals surface area contributed by atoms with E-state index in [1.54, 1.807) is 59.7 Å². The maximum atomic E-state index is 13.7. The van der Waals surface area contributed by atoms with Crippen molar-refractivity contribution in [3.63, 3.8) is 0 Å². The highest BCUT2D eigenvalue weighted by atomic mass is 19.1. The second-order valence-electron chi connectivity index (χ2n) is 18.7. The van der Waals surface area contributed by atoms with E-state index < -0.39 is 29.2 Å². The number of hydrogen-bond donors (Lipinski definition) is 3. The van der Waals surface area contributed by atoms with Gasteiger partial charge in [0.15, 0.2) is 0 Å². The van der Waals surface area contributed by atoms with E-state index in [1.165, 1.54) is 45.9 Å². The Morgan fingerprint density at radius 2 is 1.34 bits per heavy atom. The first-order valence-corrected chi connectivity index (χ1v) is 21.0. The fraction of sp³-hybridized carbons (Fsp3) is 0.574. The summed E-state index contributed by atoms with van der Waals surface area (Å²) in [5.41, 5.74) is 8.92. The Balaban J connectivity index is 0.000000218. The van der Waals surface area contributed by atoms with Gasteiger partial charge in [-0.1, -0.05) is 39.8 Å². The molecule has 2 heterocycles. The molecule has 0 saturated carbocycles. The van der Waals surface area contributed by atoms with E-state index in [4.69, 9.17) is 14.6 Å². The zero-order valence-electron chi connectivity index (χ0n) is 36.7. The summed E-state index contributed by atoms with van der Waals surface area (Å²) < 4.78 is 37.1. The minimum absolute atomic E-state index is 0.0258. The normalized spacial score (nSPS) is 18.2. The fourth-order valence-corrected chi connectivity index (χ4v) is 8.17. The van der Waals surface area contributed by atoms with Crippen LogP contribution in [0.25, 0.3) is 11.1 Å². The van der Waals surface area contributed by atoms with Gasteiger partial charge in [0.2, 0.25) is 5.91 Å². The molecule has 324 valence electrons. The van der Waals surface area contributed by atoms with E-state index in [1.807, 2.05) is 17.0 Å². The van der Waals surface area contributed by atoms with Crippen LogP contribution < -0.4 is 10.6 Å². The molecule has 2 atom stereocenters. The number of fused-ring (bicyclic) bond motifs is 4. The summed E-state index contributed by atoms with van der Waals surface area (Å²) in [5.74, 6) is -0.808. The van der Waals surface area contributed by atoms with Crippen LogP contribution in [0.2, 0.25) is 0 Å². The third-order valence-electron chi connectivity index (χ3n) is 10.4. The molecule has 3 N–H and O–H groups in total. The summed E-state index contributed by atoms with van der Waals surface area (Å²) in [6, 6.07) is 10.7. The Kier molecular flexibility index (Phi) is 16.1. The van der Waals surface area contributed by atoms with E-state index in [0.29, 0.717) is 30.8 Å². The Hall–Kier alpha value is -4.58. The maximum Gasteiger partial charge on any atom is 0.408 e. The molecule has 0 bridgehead atoms. The van der Waals surface area contributed by atoms with Gasteiger partial charge < -0.3 is 30.1 Å². The summed E-state index contributed by atoms with van der Waals surface area (Å²) in [6.45, 7) is 20.9. The Morgan fingerprint density at radius 1 is 0.797 bits per heavy atom. The predicted octanol–water partition coefficient (Wildman–Crippen LogP) is 9.04. The van der Waals surface area contributed by atoms with E-state index in [0.717, 1.165) is 43.4 Å².